The molecule has 0 spiro atoms. The molecule has 2 aromatic heterocycles. The Balaban J connectivity index is 1.51. The molecule has 0 unspecified atom stereocenters. The van der Waals surface area contributed by atoms with Gasteiger partial charge in [0.15, 0.2) is 11.0 Å². The average molecular weight is 494 g/mol. The van der Waals surface area contributed by atoms with Crippen LogP contribution in [0.3, 0.4) is 0 Å². The predicted octanol–water partition coefficient (Wildman–Crippen LogP) is 5.58. The highest BCUT2D eigenvalue weighted by atomic mass is 32.2. The number of thioether (sulfide) groups is 1. The number of para-hydroxylation sites is 2. The van der Waals surface area contributed by atoms with E-state index in [1.165, 1.54) is 11.8 Å². The maximum Gasteiger partial charge on any atom is 0.234 e. The molecule has 1 N–H and O–H groups in total. The Labute approximate surface area is 207 Å². The first kappa shape index (κ1) is 23.8. The number of hydrogen-bond acceptors (Lipinski definition) is 7. The van der Waals surface area contributed by atoms with Gasteiger partial charge in [-0.15, -0.1) is 21.5 Å². The summed E-state index contributed by atoms with van der Waals surface area (Å²) in [5.74, 6) is 1.53. The summed E-state index contributed by atoms with van der Waals surface area (Å²) in [5.41, 5.74) is 2.74. The second kappa shape index (κ2) is 11.2. The molecule has 176 valence electrons. The molecule has 0 saturated heterocycles. The number of benzene rings is 2. The molecule has 1 amide bonds. The van der Waals surface area contributed by atoms with Crippen molar-refractivity contribution in [3.8, 4) is 22.1 Å². The van der Waals surface area contributed by atoms with Gasteiger partial charge in [0.25, 0.3) is 0 Å². The third kappa shape index (κ3) is 5.26. The zero-order valence-corrected chi connectivity index (χ0v) is 21.0. The Hall–Kier alpha value is -3.30. The predicted molar refractivity (Wildman–Crippen MR) is 141 cm³/mol. The first-order valence-corrected chi connectivity index (χ1v) is 12.9. The molecular weight excluding hydrogens is 466 g/mol. The van der Waals surface area contributed by atoms with Crippen LogP contribution in [0.4, 0.5) is 11.4 Å². The van der Waals surface area contributed by atoms with Crippen molar-refractivity contribution >= 4 is 40.4 Å². The standard InChI is InChI=1S/C25H27N5O2S2/c1-4-29(5-2)19-14-12-18(13-15-19)26-23(31)17-34-25-28-27-24(22-11-8-16-33-22)30(25)20-9-6-7-10-21(20)32-3/h6-16H,4-5,17H2,1-3H3,(H,26,31). The molecule has 2 aromatic carbocycles. The normalized spacial score (nSPS) is 10.8. The molecule has 4 aromatic rings. The summed E-state index contributed by atoms with van der Waals surface area (Å²) < 4.78 is 7.52. The Morgan fingerprint density at radius 2 is 1.82 bits per heavy atom. The maximum atomic E-state index is 12.7. The summed E-state index contributed by atoms with van der Waals surface area (Å²) >= 11 is 2.93. The second-order valence-corrected chi connectivity index (χ2v) is 9.24. The van der Waals surface area contributed by atoms with Crippen molar-refractivity contribution in [2.75, 3.05) is 36.2 Å². The van der Waals surface area contributed by atoms with E-state index in [1.807, 2.05) is 70.6 Å². The zero-order chi connectivity index (χ0) is 23.9. The van der Waals surface area contributed by atoms with Crippen LogP contribution in [-0.2, 0) is 4.79 Å². The van der Waals surface area contributed by atoms with Gasteiger partial charge >= 0.3 is 0 Å². The number of thiophene rings is 1. The molecule has 0 aliphatic carbocycles. The van der Waals surface area contributed by atoms with Gasteiger partial charge in [-0.3, -0.25) is 9.36 Å². The Kier molecular flexibility index (Phi) is 7.87. The van der Waals surface area contributed by atoms with Crippen LogP contribution in [-0.4, -0.2) is 46.6 Å². The van der Waals surface area contributed by atoms with E-state index < -0.39 is 0 Å². The Bertz CT molecular complexity index is 1220. The van der Waals surface area contributed by atoms with Gasteiger partial charge in [0, 0.05) is 24.5 Å². The van der Waals surface area contributed by atoms with Crippen molar-refractivity contribution in [2.24, 2.45) is 0 Å². The molecule has 2 heterocycles. The van der Waals surface area contributed by atoms with Crippen LogP contribution in [0.15, 0.2) is 71.2 Å². The average Bonchev–Trinajstić information content (AvgIpc) is 3.54. The number of anilines is 2. The van der Waals surface area contributed by atoms with Crippen LogP contribution in [0.1, 0.15) is 13.8 Å². The lowest BCUT2D eigenvalue weighted by Crippen LogP contribution is -2.21. The fourth-order valence-corrected chi connectivity index (χ4v) is 5.08. The minimum Gasteiger partial charge on any atom is -0.495 e. The van der Waals surface area contributed by atoms with E-state index in [9.17, 15) is 4.79 Å². The smallest absolute Gasteiger partial charge is 0.234 e. The van der Waals surface area contributed by atoms with Gasteiger partial charge in [0.05, 0.1) is 23.4 Å². The van der Waals surface area contributed by atoms with E-state index in [2.05, 4.69) is 34.3 Å². The fourth-order valence-electron chi connectivity index (χ4n) is 3.63. The molecule has 0 aliphatic heterocycles. The maximum absolute atomic E-state index is 12.7. The van der Waals surface area contributed by atoms with Crippen molar-refractivity contribution in [1.82, 2.24) is 14.8 Å². The van der Waals surface area contributed by atoms with Crippen LogP contribution in [0.25, 0.3) is 16.4 Å². The van der Waals surface area contributed by atoms with Gasteiger partial charge in [-0.05, 0) is 61.7 Å². The van der Waals surface area contributed by atoms with Crippen molar-refractivity contribution < 1.29 is 9.53 Å². The number of aromatic nitrogens is 3. The first-order chi connectivity index (χ1) is 16.6. The molecule has 4 rings (SSSR count). The third-order valence-electron chi connectivity index (χ3n) is 5.31. The minimum atomic E-state index is -0.104. The van der Waals surface area contributed by atoms with Crippen molar-refractivity contribution in [3.05, 3.63) is 66.0 Å². The molecule has 0 fully saturated rings. The molecule has 0 radical (unpaired) electrons. The van der Waals surface area contributed by atoms with Gasteiger partial charge < -0.3 is 15.0 Å². The topological polar surface area (TPSA) is 72.3 Å². The van der Waals surface area contributed by atoms with Crippen molar-refractivity contribution in [3.63, 3.8) is 0 Å². The van der Waals surface area contributed by atoms with Crippen LogP contribution in [0.2, 0.25) is 0 Å². The number of amides is 1. The molecule has 0 atom stereocenters. The van der Waals surface area contributed by atoms with Gasteiger partial charge in [-0.25, -0.2) is 0 Å². The highest BCUT2D eigenvalue weighted by Gasteiger charge is 2.20. The Morgan fingerprint density at radius 3 is 2.50 bits per heavy atom. The summed E-state index contributed by atoms with van der Waals surface area (Å²) in [6, 6.07) is 19.6. The van der Waals surface area contributed by atoms with Crippen LogP contribution < -0.4 is 15.0 Å². The molecule has 34 heavy (non-hydrogen) atoms. The number of rotatable bonds is 10. The number of carbonyl (C=O) groups excluding carboxylic acids is 1. The zero-order valence-electron chi connectivity index (χ0n) is 19.4. The molecule has 9 heteroatoms. The molecule has 0 bridgehead atoms. The van der Waals surface area contributed by atoms with Gasteiger partial charge in [-0.2, -0.15) is 0 Å². The quantitative estimate of drug-likeness (QED) is 0.291. The Morgan fingerprint density at radius 1 is 1.06 bits per heavy atom. The molecule has 7 nitrogen and oxygen atoms in total. The lowest BCUT2D eigenvalue weighted by Gasteiger charge is -2.21. The van der Waals surface area contributed by atoms with E-state index in [0.29, 0.717) is 10.9 Å². The minimum absolute atomic E-state index is 0.104. The van der Waals surface area contributed by atoms with E-state index in [4.69, 9.17) is 4.74 Å². The highest BCUT2D eigenvalue weighted by Crippen LogP contribution is 2.34. The fraction of sp³-hybridized carbons (Fsp3) is 0.240. The lowest BCUT2D eigenvalue weighted by atomic mass is 10.2. The molecule has 0 aliphatic rings. The van der Waals surface area contributed by atoms with Crippen LogP contribution in [0, 0.1) is 0 Å². The number of methoxy groups -OCH3 is 1. The number of nitrogens with zero attached hydrogens (tertiary/aromatic N) is 4. The number of ether oxygens (including phenoxy) is 1. The second-order valence-electron chi connectivity index (χ2n) is 7.35. The summed E-state index contributed by atoms with van der Waals surface area (Å²) in [6.07, 6.45) is 0. The van der Waals surface area contributed by atoms with Gasteiger partial charge in [0.1, 0.15) is 5.75 Å². The highest BCUT2D eigenvalue weighted by molar-refractivity contribution is 7.99. The summed E-state index contributed by atoms with van der Waals surface area (Å²) in [7, 11) is 1.64. The summed E-state index contributed by atoms with van der Waals surface area (Å²) in [5, 5.41) is 14.4. The number of carbonyl (C=O) groups is 1. The number of hydrogen-bond donors (Lipinski definition) is 1. The summed E-state index contributed by atoms with van der Waals surface area (Å²) in [6.45, 7) is 6.15. The largest absolute Gasteiger partial charge is 0.495 e. The SMILES string of the molecule is CCN(CC)c1ccc(NC(=O)CSc2nnc(-c3cccs3)n2-c2ccccc2OC)cc1. The van der Waals surface area contributed by atoms with E-state index in [1.54, 1.807) is 18.4 Å². The van der Waals surface area contributed by atoms with E-state index in [-0.39, 0.29) is 11.7 Å². The van der Waals surface area contributed by atoms with Crippen molar-refractivity contribution in [1.29, 1.82) is 0 Å². The lowest BCUT2D eigenvalue weighted by molar-refractivity contribution is -0.113. The number of nitrogens with one attached hydrogen (secondary N) is 1. The van der Waals surface area contributed by atoms with E-state index >= 15 is 0 Å². The van der Waals surface area contributed by atoms with Crippen LogP contribution >= 0.6 is 23.1 Å². The third-order valence-corrected chi connectivity index (χ3v) is 7.11. The van der Waals surface area contributed by atoms with Gasteiger partial charge in [0.2, 0.25) is 5.91 Å². The van der Waals surface area contributed by atoms with Crippen LogP contribution in [0.5, 0.6) is 5.75 Å². The monoisotopic (exact) mass is 493 g/mol. The summed E-state index contributed by atoms with van der Waals surface area (Å²) in [4.78, 5) is 16.0. The van der Waals surface area contributed by atoms with Gasteiger partial charge in [-0.1, -0.05) is 30.0 Å². The molecular formula is C25H27N5O2S2. The molecule has 0 saturated carbocycles. The van der Waals surface area contributed by atoms with Crippen molar-refractivity contribution in [2.45, 2.75) is 19.0 Å². The van der Waals surface area contributed by atoms with E-state index in [0.717, 1.165) is 40.9 Å². The first-order valence-electron chi connectivity index (χ1n) is 11.0.